The molecule has 4 rings (SSSR count). The van der Waals surface area contributed by atoms with Crippen molar-refractivity contribution >= 4 is 5.91 Å². The maximum atomic E-state index is 12.2. The number of nitrogens with zero attached hydrogens (tertiary/aromatic N) is 2. The second-order valence-corrected chi connectivity index (χ2v) is 8.71. The lowest BCUT2D eigenvalue weighted by molar-refractivity contribution is -0.120. The van der Waals surface area contributed by atoms with E-state index >= 15 is 0 Å². The number of carbonyl (C=O) groups is 1. The van der Waals surface area contributed by atoms with Gasteiger partial charge in [0, 0.05) is 50.7 Å². The Bertz CT molecular complexity index is 1030. The molecule has 0 radical (unpaired) electrons. The molecular formula is C27H31N3O3. The second-order valence-electron chi connectivity index (χ2n) is 8.71. The molecule has 1 amide bonds. The van der Waals surface area contributed by atoms with Crippen LogP contribution in [0.4, 0.5) is 0 Å². The molecule has 0 saturated carbocycles. The van der Waals surface area contributed by atoms with E-state index in [2.05, 4.69) is 22.1 Å². The van der Waals surface area contributed by atoms with Gasteiger partial charge in [-0.3, -0.25) is 14.7 Å². The molecule has 0 unspecified atom stereocenters. The van der Waals surface area contributed by atoms with Crippen molar-refractivity contribution in [1.29, 1.82) is 0 Å². The highest BCUT2D eigenvalue weighted by Crippen LogP contribution is 2.24. The van der Waals surface area contributed by atoms with E-state index in [9.17, 15) is 4.79 Å². The summed E-state index contributed by atoms with van der Waals surface area (Å²) in [5, 5.41) is 2.94. The Morgan fingerprint density at radius 1 is 1.03 bits per heavy atom. The Kier molecular flexibility index (Phi) is 7.37. The van der Waals surface area contributed by atoms with Gasteiger partial charge in [-0.25, -0.2) is 0 Å². The summed E-state index contributed by atoms with van der Waals surface area (Å²) in [4.78, 5) is 19.0. The molecule has 6 heteroatoms. The molecule has 3 aromatic rings. The Labute approximate surface area is 195 Å². The van der Waals surface area contributed by atoms with Gasteiger partial charge in [0.25, 0.3) is 0 Å². The van der Waals surface area contributed by atoms with E-state index in [0.717, 1.165) is 47.8 Å². The maximum absolute atomic E-state index is 12.2. The normalized spacial score (nSPS) is 15.0. The number of benzene rings is 2. The van der Waals surface area contributed by atoms with Crippen LogP contribution in [0, 0.1) is 0 Å². The molecule has 0 atom stereocenters. The van der Waals surface area contributed by atoms with Crippen LogP contribution in [-0.2, 0) is 22.5 Å². The average Bonchev–Trinajstić information content (AvgIpc) is 2.83. The Morgan fingerprint density at radius 3 is 2.42 bits per heavy atom. The number of hydrogen-bond acceptors (Lipinski definition) is 5. The van der Waals surface area contributed by atoms with Gasteiger partial charge in [0.2, 0.25) is 5.91 Å². The summed E-state index contributed by atoms with van der Waals surface area (Å²) >= 11 is 0. The van der Waals surface area contributed by atoms with E-state index in [1.54, 1.807) is 7.11 Å². The minimum atomic E-state index is -0.0364. The molecule has 33 heavy (non-hydrogen) atoms. The van der Waals surface area contributed by atoms with Gasteiger partial charge in [-0.1, -0.05) is 48.5 Å². The fourth-order valence-electron chi connectivity index (χ4n) is 3.95. The van der Waals surface area contributed by atoms with Crippen molar-refractivity contribution in [2.75, 3.05) is 33.4 Å². The number of nitrogens with one attached hydrogen (secondary N) is 1. The summed E-state index contributed by atoms with van der Waals surface area (Å²) in [6, 6.07) is 21.8. The topological polar surface area (TPSA) is 63.7 Å². The zero-order chi connectivity index (χ0) is 23.1. The van der Waals surface area contributed by atoms with Gasteiger partial charge in [0.1, 0.15) is 12.4 Å². The number of pyridine rings is 1. The smallest absolute Gasteiger partial charge is 0.226 e. The number of ether oxygens (including phenoxy) is 2. The molecular weight excluding hydrogens is 414 g/mol. The Balaban J connectivity index is 1.22. The minimum absolute atomic E-state index is 0.00278. The maximum Gasteiger partial charge on any atom is 0.226 e. The zero-order valence-corrected chi connectivity index (χ0v) is 19.3. The molecule has 2 heterocycles. The molecule has 2 aromatic carbocycles. The second kappa shape index (κ2) is 10.6. The van der Waals surface area contributed by atoms with E-state index in [1.165, 1.54) is 0 Å². The molecule has 1 aromatic heterocycles. The minimum Gasteiger partial charge on any atom is -0.492 e. The van der Waals surface area contributed by atoms with Gasteiger partial charge in [0.15, 0.2) is 0 Å². The molecule has 1 saturated heterocycles. The summed E-state index contributed by atoms with van der Waals surface area (Å²) in [6.07, 6.45) is 2.08. The number of likely N-dealkylation sites (tertiary alicyclic amines) is 1. The molecule has 0 aliphatic carbocycles. The van der Waals surface area contributed by atoms with Crippen molar-refractivity contribution < 1.29 is 14.3 Å². The Hall–Kier alpha value is -3.22. The van der Waals surface area contributed by atoms with E-state index in [4.69, 9.17) is 9.47 Å². The number of amides is 1. The van der Waals surface area contributed by atoms with Crippen LogP contribution in [0.5, 0.6) is 5.75 Å². The van der Waals surface area contributed by atoms with Crippen LogP contribution in [0.2, 0.25) is 0 Å². The lowest BCUT2D eigenvalue weighted by atomic mass is 9.97. The van der Waals surface area contributed by atoms with Crippen LogP contribution in [0.15, 0.2) is 72.9 Å². The predicted octanol–water partition coefficient (Wildman–Crippen LogP) is 3.71. The highest BCUT2D eigenvalue weighted by molar-refractivity contribution is 5.78. The first-order valence-electron chi connectivity index (χ1n) is 11.3. The first-order chi connectivity index (χ1) is 16.0. The van der Waals surface area contributed by atoms with Gasteiger partial charge < -0.3 is 14.8 Å². The quantitative estimate of drug-likeness (QED) is 0.516. The van der Waals surface area contributed by atoms with Crippen molar-refractivity contribution in [2.45, 2.75) is 25.5 Å². The highest BCUT2D eigenvalue weighted by Gasteiger charge is 2.38. The van der Waals surface area contributed by atoms with Crippen LogP contribution in [0.1, 0.15) is 18.2 Å². The molecule has 1 aliphatic heterocycles. The standard InChI is InChI=1S/C27H31N3O3/c1-27(32-2)19-30(20-27)14-15-33-25-12-9-22(10-13-25)23-8-11-24(28-18-23)16-26(31)29-17-21-6-4-3-5-7-21/h3-13,18H,14-17,19-20H2,1-2H3,(H,29,31). The van der Waals surface area contributed by atoms with Crippen LogP contribution in [0.3, 0.4) is 0 Å². The van der Waals surface area contributed by atoms with Crippen LogP contribution in [0.25, 0.3) is 11.1 Å². The fraction of sp³-hybridized carbons (Fsp3) is 0.333. The van der Waals surface area contributed by atoms with E-state index in [0.29, 0.717) is 13.2 Å². The highest BCUT2D eigenvalue weighted by atomic mass is 16.5. The van der Waals surface area contributed by atoms with E-state index in [1.807, 2.05) is 72.9 Å². The summed E-state index contributed by atoms with van der Waals surface area (Å²) in [5.41, 5.74) is 3.90. The monoisotopic (exact) mass is 445 g/mol. The van der Waals surface area contributed by atoms with Gasteiger partial charge in [-0.15, -0.1) is 0 Å². The van der Waals surface area contributed by atoms with Crippen LogP contribution >= 0.6 is 0 Å². The molecule has 0 bridgehead atoms. The average molecular weight is 446 g/mol. The summed E-state index contributed by atoms with van der Waals surface area (Å²) < 4.78 is 11.4. The Morgan fingerprint density at radius 2 is 1.76 bits per heavy atom. The first-order valence-corrected chi connectivity index (χ1v) is 11.3. The van der Waals surface area contributed by atoms with Gasteiger partial charge in [-0.2, -0.15) is 0 Å². The third-order valence-corrected chi connectivity index (χ3v) is 5.97. The number of carbonyl (C=O) groups excluding carboxylic acids is 1. The largest absolute Gasteiger partial charge is 0.492 e. The lowest BCUT2D eigenvalue weighted by Crippen LogP contribution is -2.61. The van der Waals surface area contributed by atoms with Crippen molar-refractivity contribution in [3.63, 3.8) is 0 Å². The van der Waals surface area contributed by atoms with Crippen molar-refractivity contribution in [3.8, 4) is 16.9 Å². The number of hydrogen-bond donors (Lipinski definition) is 1. The lowest BCUT2D eigenvalue weighted by Gasteiger charge is -2.46. The SMILES string of the molecule is COC1(C)CN(CCOc2ccc(-c3ccc(CC(=O)NCc4ccccc4)nc3)cc2)C1. The summed E-state index contributed by atoms with van der Waals surface area (Å²) in [7, 11) is 1.77. The molecule has 6 nitrogen and oxygen atoms in total. The van der Waals surface area contributed by atoms with Crippen molar-refractivity contribution in [1.82, 2.24) is 15.2 Å². The first kappa shape index (κ1) is 23.0. The molecule has 1 fully saturated rings. The van der Waals surface area contributed by atoms with E-state index < -0.39 is 0 Å². The van der Waals surface area contributed by atoms with Crippen molar-refractivity contribution in [3.05, 3.63) is 84.2 Å². The predicted molar refractivity (Wildman–Crippen MR) is 129 cm³/mol. The van der Waals surface area contributed by atoms with Gasteiger partial charge >= 0.3 is 0 Å². The molecule has 172 valence electrons. The number of rotatable bonds is 10. The molecule has 1 aliphatic rings. The van der Waals surface area contributed by atoms with Crippen molar-refractivity contribution in [2.24, 2.45) is 0 Å². The van der Waals surface area contributed by atoms with Crippen LogP contribution < -0.4 is 10.1 Å². The zero-order valence-electron chi connectivity index (χ0n) is 19.3. The third kappa shape index (κ3) is 6.40. The molecule has 1 N–H and O–H groups in total. The number of aromatic nitrogens is 1. The summed E-state index contributed by atoms with van der Waals surface area (Å²) in [5.74, 6) is 0.819. The van der Waals surface area contributed by atoms with Gasteiger partial charge in [-0.05, 0) is 36.2 Å². The van der Waals surface area contributed by atoms with Crippen LogP contribution in [-0.4, -0.2) is 54.7 Å². The molecule has 0 spiro atoms. The third-order valence-electron chi connectivity index (χ3n) is 5.97. The van der Waals surface area contributed by atoms with E-state index in [-0.39, 0.29) is 17.9 Å². The fourth-order valence-corrected chi connectivity index (χ4v) is 3.95. The summed E-state index contributed by atoms with van der Waals surface area (Å²) in [6.45, 7) is 6.10. The number of methoxy groups -OCH3 is 1. The van der Waals surface area contributed by atoms with Gasteiger partial charge in [0.05, 0.1) is 12.0 Å².